The first-order chi connectivity index (χ1) is 13.2. The van der Waals surface area contributed by atoms with Crippen LogP contribution in [-0.4, -0.2) is 39.1 Å². The zero-order valence-electron chi connectivity index (χ0n) is 15.9. The highest BCUT2D eigenvalue weighted by Gasteiger charge is 2.32. The maximum Gasteiger partial charge on any atom is 0.416 e. The predicted molar refractivity (Wildman–Crippen MR) is 103 cm³/mol. The molecule has 1 aliphatic heterocycles. The monoisotopic (exact) mass is 391 g/mol. The maximum atomic E-state index is 12.7. The Morgan fingerprint density at radius 3 is 2.29 bits per heavy atom. The molecule has 0 radical (unpaired) electrons. The molecule has 1 fully saturated rings. The van der Waals surface area contributed by atoms with Crippen LogP contribution in [0.25, 0.3) is 0 Å². The smallest absolute Gasteiger partial charge is 0.378 e. The van der Waals surface area contributed by atoms with Gasteiger partial charge in [0.15, 0.2) is 0 Å². The van der Waals surface area contributed by atoms with Crippen molar-refractivity contribution in [1.82, 2.24) is 10.6 Å². The van der Waals surface area contributed by atoms with Gasteiger partial charge in [-0.05, 0) is 35.4 Å². The van der Waals surface area contributed by atoms with Gasteiger partial charge in [0, 0.05) is 44.8 Å². The predicted octanol–water partition coefficient (Wildman–Crippen LogP) is 3.19. The minimum absolute atomic E-state index is 0.0534. The normalized spacial score (nSPS) is 19.5. The summed E-state index contributed by atoms with van der Waals surface area (Å²) in [6.45, 7) is 1.21. The van der Waals surface area contributed by atoms with E-state index < -0.39 is 11.7 Å². The summed E-state index contributed by atoms with van der Waals surface area (Å²) in [5.41, 5.74) is 2.11. The molecule has 0 bridgehead atoms. The number of anilines is 1. The number of hydrogen-bond acceptors (Lipinski definition) is 3. The van der Waals surface area contributed by atoms with Gasteiger partial charge in [-0.15, -0.1) is 0 Å². The molecule has 3 rings (SSSR count). The summed E-state index contributed by atoms with van der Waals surface area (Å²) in [6.07, 6.45) is -4.08. The third kappa shape index (κ3) is 4.84. The van der Waals surface area contributed by atoms with Crippen molar-refractivity contribution in [2.45, 2.75) is 24.6 Å². The molecular weight excluding hydrogens is 367 g/mol. The molecule has 28 heavy (non-hydrogen) atoms. The van der Waals surface area contributed by atoms with Crippen molar-refractivity contribution in [3.63, 3.8) is 0 Å². The van der Waals surface area contributed by atoms with Crippen molar-refractivity contribution in [2.24, 2.45) is 0 Å². The highest BCUT2D eigenvalue weighted by molar-refractivity contribution is 5.79. The van der Waals surface area contributed by atoms with Crippen molar-refractivity contribution < 1.29 is 18.0 Å². The summed E-state index contributed by atoms with van der Waals surface area (Å²) >= 11 is 0. The molecule has 0 aliphatic carbocycles. The van der Waals surface area contributed by atoms with Gasteiger partial charge in [0.05, 0.1) is 12.0 Å². The summed E-state index contributed by atoms with van der Waals surface area (Å²) in [4.78, 5) is 14.4. The third-order valence-corrected chi connectivity index (χ3v) is 5.04. The number of nitrogens with one attached hydrogen (secondary N) is 2. The van der Waals surface area contributed by atoms with Crippen molar-refractivity contribution in [2.75, 3.05) is 32.1 Å². The van der Waals surface area contributed by atoms with Crippen LogP contribution in [-0.2, 0) is 17.4 Å². The lowest BCUT2D eigenvalue weighted by molar-refractivity contribution is -0.137. The van der Waals surface area contributed by atoms with E-state index in [4.69, 9.17) is 0 Å². The molecule has 2 aromatic carbocycles. The number of hydrogen-bond donors (Lipinski definition) is 2. The fourth-order valence-corrected chi connectivity index (χ4v) is 3.46. The Labute approximate surface area is 162 Å². The van der Waals surface area contributed by atoms with E-state index in [1.54, 1.807) is 0 Å². The zero-order valence-corrected chi connectivity index (χ0v) is 15.9. The molecule has 0 spiro atoms. The average Bonchev–Trinajstić information content (AvgIpc) is 3.09. The number of halogens is 3. The Morgan fingerprint density at radius 2 is 1.71 bits per heavy atom. The van der Waals surface area contributed by atoms with E-state index in [9.17, 15) is 18.0 Å². The summed E-state index contributed by atoms with van der Waals surface area (Å²) in [5, 5.41) is 6.24. The third-order valence-electron chi connectivity index (χ3n) is 5.04. The first-order valence-corrected chi connectivity index (χ1v) is 9.17. The lowest BCUT2D eigenvalue weighted by Gasteiger charge is -2.21. The maximum absolute atomic E-state index is 12.7. The Hall–Kier alpha value is -2.54. The van der Waals surface area contributed by atoms with Gasteiger partial charge < -0.3 is 15.5 Å². The second-order valence-corrected chi connectivity index (χ2v) is 7.30. The molecule has 0 unspecified atom stereocenters. The van der Waals surface area contributed by atoms with Gasteiger partial charge >= 0.3 is 6.18 Å². The fraction of sp³-hybridized carbons (Fsp3) is 0.381. The highest BCUT2D eigenvalue weighted by Crippen LogP contribution is 2.31. The number of amides is 1. The number of carbonyl (C=O) groups is 1. The minimum Gasteiger partial charge on any atom is -0.378 e. The highest BCUT2D eigenvalue weighted by atomic mass is 19.4. The van der Waals surface area contributed by atoms with Crippen LogP contribution in [0.4, 0.5) is 18.9 Å². The number of nitrogens with zero attached hydrogens (tertiary/aromatic N) is 1. The zero-order chi connectivity index (χ0) is 20.3. The number of benzene rings is 2. The van der Waals surface area contributed by atoms with Crippen LogP contribution < -0.4 is 15.5 Å². The second kappa shape index (κ2) is 8.22. The number of rotatable bonds is 5. The molecule has 2 aromatic rings. The summed E-state index contributed by atoms with van der Waals surface area (Å²) in [6, 6.07) is 12.8. The SMILES string of the molecule is CN(C)c1ccc(CC(=O)N[C@@H]2CNC[C@H]2c2ccc(C(F)(F)F)cc2)cc1. The van der Waals surface area contributed by atoms with Crippen molar-refractivity contribution in [1.29, 1.82) is 0 Å². The molecule has 0 saturated carbocycles. The van der Waals surface area contributed by atoms with Crippen LogP contribution in [0.15, 0.2) is 48.5 Å². The Balaban J connectivity index is 1.62. The molecule has 2 atom stereocenters. The van der Waals surface area contributed by atoms with E-state index in [0.717, 1.165) is 28.9 Å². The molecular formula is C21H24F3N3O. The summed E-state index contributed by atoms with van der Waals surface area (Å²) in [5.74, 6) is -0.148. The lowest BCUT2D eigenvalue weighted by Crippen LogP contribution is -2.40. The lowest BCUT2D eigenvalue weighted by atomic mass is 9.93. The molecule has 1 saturated heterocycles. The standard InChI is InChI=1S/C21H24F3N3O/c1-27(2)17-9-3-14(4-10-17)11-20(28)26-19-13-25-12-18(19)15-5-7-16(8-6-15)21(22,23)24/h3-10,18-19,25H,11-13H2,1-2H3,(H,26,28)/t18-,19+/m0/s1. The minimum atomic E-state index is -4.35. The van der Waals surface area contributed by atoms with Crippen LogP contribution in [0.2, 0.25) is 0 Å². The Morgan fingerprint density at radius 1 is 1.07 bits per heavy atom. The molecule has 0 aromatic heterocycles. The van der Waals surface area contributed by atoms with Crippen LogP contribution >= 0.6 is 0 Å². The Bertz CT molecular complexity index is 801. The molecule has 4 nitrogen and oxygen atoms in total. The average molecular weight is 391 g/mol. The van der Waals surface area contributed by atoms with Gasteiger partial charge in [-0.25, -0.2) is 0 Å². The van der Waals surface area contributed by atoms with E-state index in [-0.39, 0.29) is 24.3 Å². The van der Waals surface area contributed by atoms with Crippen LogP contribution in [0, 0.1) is 0 Å². The number of carbonyl (C=O) groups excluding carboxylic acids is 1. The van der Waals surface area contributed by atoms with Crippen LogP contribution in [0.3, 0.4) is 0 Å². The molecule has 7 heteroatoms. The van der Waals surface area contributed by atoms with Gasteiger partial charge in [-0.2, -0.15) is 13.2 Å². The van der Waals surface area contributed by atoms with Gasteiger partial charge in [0.2, 0.25) is 5.91 Å². The van der Waals surface area contributed by atoms with Crippen LogP contribution in [0.5, 0.6) is 0 Å². The summed E-state index contributed by atoms with van der Waals surface area (Å²) in [7, 11) is 3.91. The first-order valence-electron chi connectivity index (χ1n) is 9.17. The van der Waals surface area contributed by atoms with E-state index in [1.807, 2.05) is 43.3 Å². The largest absolute Gasteiger partial charge is 0.416 e. The van der Waals surface area contributed by atoms with Crippen molar-refractivity contribution >= 4 is 11.6 Å². The van der Waals surface area contributed by atoms with Crippen LogP contribution in [0.1, 0.15) is 22.6 Å². The molecule has 2 N–H and O–H groups in total. The van der Waals surface area contributed by atoms with E-state index in [1.165, 1.54) is 12.1 Å². The topological polar surface area (TPSA) is 44.4 Å². The fourth-order valence-electron chi connectivity index (χ4n) is 3.46. The van der Waals surface area contributed by atoms with Gasteiger partial charge in [0.1, 0.15) is 0 Å². The molecule has 1 aliphatic rings. The van der Waals surface area contributed by atoms with Gasteiger partial charge in [-0.1, -0.05) is 24.3 Å². The summed E-state index contributed by atoms with van der Waals surface area (Å²) < 4.78 is 38.2. The van der Waals surface area contributed by atoms with E-state index in [2.05, 4.69) is 10.6 Å². The molecule has 1 heterocycles. The van der Waals surface area contributed by atoms with Crippen molar-refractivity contribution in [3.8, 4) is 0 Å². The van der Waals surface area contributed by atoms with Crippen molar-refractivity contribution in [3.05, 3.63) is 65.2 Å². The molecule has 150 valence electrons. The number of alkyl halides is 3. The van der Waals surface area contributed by atoms with E-state index >= 15 is 0 Å². The van der Waals surface area contributed by atoms with E-state index in [0.29, 0.717) is 13.1 Å². The quantitative estimate of drug-likeness (QED) is 0.823. The molecule has 1 amide bonds. The Kier molecular flexibility index (Phi) is 5.93. The first kappa shape index (κ1) is 20.2. The van der Waals surface area contributed by atoms with Gasteiger partial charge in [0.25, 0.3) is 0 Å². The van der Waals surface area contributed by atoms with Gasteiger partial charge in [-0.3, -0.25) is 4.79 Å². The second-order valence-electron chi connectivity index (χ2n) is 7.30.